The molecule has 3 aromatic rings. The lowest BCUT2D eigenvalue weighted by Crippen LogP contribution is -2.32. The Labute approximate surface area is 176 Å². The molecule has 0 spiro atoms. The van der Waals surface area contributed by atoms with Crippen molar-refractivity contribution in [2.45, 2.75) is 40.2 Å². The lowest BCUT2D eigenvalue weighted by atomic mass is 10.1. The molecule has 1 amide bonds. The van der Waals surface area contributed by atoms with Crippen molar-refractivity contribution in [3.05, 3.63) is 75.1 Å². The Morgan fingerprint density at radius 2 is 1.79 bits per heavy atom. The van der Waals surface area contributed by atoms with E-state index in [2.05, 4.69) is 49.2 Å². The van der Waals surface area contributed by atoms with Gasteiger partial charge in [0.15, 0.2) is 0 Å². The van der Waals surface area contributed by atoms with Gasteiger partial charge in [-0.3, -0.25) is 4.79 Å². The second-order valence-electron chi connectivity index (χ2n) is 7.17. The molecule has 0 radical (unpaired) electrons. The summed E-state index contributed by atoms with van der Waals surface area (Å²) in [5.74, 6) is 0.105. The molecule has 5 heteroatoms. The highest BCUT2D eigenvalue weighted by molar-refractivity contribution is 7.12. The maximum atomic E-state index is 13.1. The Morgan fingerprint density at radius 3 is 2.41 bits per heavy atom. The predicted octanol–water partition coefficient (Wildman–Crippen LogP) is 5.28. The van der Waals surface area contributed by atoms with Crippen molar-refractivity contribution in [1.82, 2.24) is 9.88 Å². The Morgan fingerprint density at radius 1 is 1.10 bits per heavy atom. The number of hydrogen-bond acceptors (Lipinski definition) is 4. The third-order valence-electron chi connectivity index (χ3n) is 4.74. The van der Waals surface area contributed by atoms with Crippen molar-refractivity contribution in [3.8, 4) is 17.3 Å². The molecule has 0 aliphatic carbocycles. The molecule has 0 unspecified atom stereocenters. The molecule has 0 aliphatic rings. The first-order chi connectivity index (χ1) is 14.0. The van der Waals surface area contributed by atoms with Gasteiger partial charge in [-0.15, -0.1) is 11.3 Å². The normalized spacial score (nSPS) is 10.6. The number of hydrogen-bond donors (Lipinski definition) is 0. The van der Waals surface area contributed by atoms with Crippen LogP contribution >= 0.6 is 11.3 Å². The Hall–Kier alpha value is -2.97. The van der Waals surface area contributed by atoms with Crippen molar-refractivity contribution < 1.29 is 4.79 Å². The average Bonchev–Trinajstić information content (AvgIpc) is 3.08. The van der Waals surface area contributed by atoms with E-state index in [4.69, 9.17) is 5.26 Å². The molecule has 0 atom stereocenters. The summed E-state index contributed by atoms with van der Waals surface area (Å²) < 4.78 is 0. The van der Waals surface area contributed by atoms with E-state index >= 15 is 0 Å². The monoisotopic (exact) mass is 403 g/mol. The van der Waals surface area contributed by atoms with Crippen LogP contribution in [0, 0.1) is 25.2 Å². The quantitative estimate of drug-likeness (QED) is 0.539. The van der Waals surface area contributed by atoms with Crippen LogP contribution in [0.15, 0.2) is 48.5 Å². The van der Waals surface area contributed by atoms with Crippen molar-refractivity contribution in [2.75, 3.05) is 6.54 Å². The molecule has 0 saturated heterocycles. The number of carbonyl (C=O) groups is 1. The number of rotatable bonds is 7. The second kappa shape index (κ2) is 9.49. The molecular formula is C24H25N3OS. The minimum absolute atomic E-state index is 0.105. The summed E-state index contributed by atoms with van der Waals surface area (Å²) in [6, 6.07) is 17.8. The first-order valence-electron chi connectivity index (χ1n) is 9.80. The van der Waals surface area contributed by atoms with E-state index in [1.165, 1.54) is 5.56 Å². The topological polar surface area (TPSA) is 57.0 Å². The minimum atomic E-state index is 0.105. The molecule has 1 heterocycles. The van der Waals surface area contributed by atoms with Gasteiger partial charge in [-0.05, 0) is 38.0 Å². The number of aromatic nitrogens is 1. The highest BCUT2D eigenvalue weighted by Gasteiger charge is 2.19. The fourth-order valence-electron chi connectivity index (χ4n) is 3.24. The Kier molecular flexibility index (Phi) is 6.79. The third kappa shape index (κ3) is 5.30. The molecule has 0 bridgehead atoms. The molecular weight excluding hydrogens is 378 g/mol. The summed E-state index contributed by atoms with van der Waals surface area (Å²) in [6.07, 6.45) is 1.25. The SMILES string of the molecule is CCCN(Cc1ccc(C#N)cc1)C(=O)Cc1sc(C)nc1-c1ccc(C)cc1. The zero-order chi connectivity index (χ0) is 20.8. The molecule has 148 valence electrons. The molecule has 2 aromatic carbocycles. The summed E-state index contributed by atoms with van der Waals surface area (Å²) in [4.78, 5) is 20.7. The van der Waals surface area contributed by atoms with E-state index in [1.807, 2.05) is 24.0 Å². The van der Waals surface area contributed by atoms with Crippen LogP contribution in [0.1, 0.15) is 39.9 Å². The molecule has 0 fully saturated rings. The van der Waals surface area contributed by atoms with Crippen LogP contribution < -0.4 is 0 Å². The fourth-order valence-corrected chi connectivity index (χ4v) is 4.19. The maximum Gasteiger partial charge on any atom is 0.228 e. The van der Waals surface area contributed by atoms with Gasteiger partial charge in [0.2, 0.25) is 5.91 Å². The van der Waals surface area contributed by atoms with Gasteiger partial charge in [0.05, 0.1) is 28.8 Å². The van der Waals surface area contributed by atoms with Crippen LogP contribution in [0.4, 0.5) is 0 Å². The van der Waals surface area contributed by atoms with Crippen LogP contribution in [0.2, 0.25) is 0 Å². The fraction of sp³-hybridized carbons (Fsp3) is 0.292. The van der Waals surface area contributed by atoms with Gasteiger partial charge in [-0.25, -0.2) is 4.98 Å². The average molecular weight is 404 g/mol. The summed E-state index contributed by atoms with van der Waals surface area (Å²) in [7, 11) is 0. The first kappa shape index (κ1) is 20.8. The molecule has 0 aliphatic heterocycles. The van der Waals surface area contributed by atoms with E-state index in [0.717, 1.165) is 33.1 Å². The summed E-state index contributed by atoms with van der Waals surface area (Å²) in [5.41, 5.74) is 4.83. The zero-order valence-corrected chi connectivity index (χ0v) is 17.9. The Balaban J connectivity index is 1.79. The number of carbonyl (C=O) groups excluding carboxylic acids is 1. The summed E-state index contributed by atoms with van der Waals surface area (Å²) in [5, 5.41) is 9.93. The molecule has 1 aromatic heterocycles. The summed E-state index contributed by atoms with van der Waals surface area (Å²) in [6.45, 7) is 7.38. The molecule has 0 saturated carbocycles. The number of aryl methyl sites for hydroxylation is 2. The van der Waals surface area contributed by atoms with Crippen LogP contribution in [0.5, 0.6) is 0 Å². The molecule has 0 N–H and O–H groups in total. The number of amides is 1. The number of nitriles is 1. The maximum absolute atomic E-state index is 13.1. The van der Waals surface area contributed by atoms with Crippen LogP contribution in [0.25, 0.3) is 11.3 Å². The number of nitrogens with zero attached hydrogens (tertiary/aromatic N) is 3. The number of benzene rings is 2. The van der Waals surface area contributed by atoms with Gasteiger partial charge in [0.1, 0.15) is 0 Å². The highest BCUT2D eigenvalue weighted by atomic mass is 32.1. The van der Waals surface area contributed by atoms with Gasteiger partial charge >= 0.3 is 0 Å². The van der Waals surface area contributed by atoms with Crippen molar-refractivity contribution in [3.63, 3.8) is 0 Å². The second-order valence-corrected chi connectivity index (χ2v) is 8.46. The number of thiazole rings is 1. The van der Waals surface area contributed by atoms with Gasteiger partial charge in [0.25, 0.3) is 0 Å². The van der Waals surface area contributed by atoms with Crippen LogP contribution in [-0.4, -0.2) is 22.3 Å². The summed E-state index contributed by atoms with van der Waals surface area (Å²) >= 11 is 1.59. The van der Waals surface area contributed by atoms with Gasteiger partial charge in [0, 0.05) is 23.5 Å². The Bertz CT molecular complexity index is 1010. The lowest BCUT2D eigenvalue weighted by molar-refractivity contribution is -0.131. The van der Waals surface area contributed by atoms with E-state index in [1.54, 1.807) is 23.5 Å². The molecule has 29 heavy (non-hydrogen) atoms. The van der Waals surface area contributed by atoms with Crippen LogP contribution in [-0.2, 0) is 17.8 Å². The van der Waals surface area contributed by atoms with E-state index in [0.29, 0.717) is 25.1 Å². The zero-order valence-electron chi connectivity index (χ0n) is 17.1. The van der Waals surface area contributed by atoms with Gasteiger partial charge < -0.3 is 4.90 Å². The highest BCUT2D eigenvalue weighted by Crippen LogP contribution is 2.29. The van der Waals surface area contributed by atoms with E-state index < -0.39 is 0 Å². The van der Waals surface area contributed by atoms with Crippen molar-refractivity contribution in [1.29, 1.82) is 5.26 Å². The van der Waals surface area contributed by atoms with Crippen molar-refractivity contribution in [2.24, 2.45) is 0 Å². The van der Waals surface area contributed by atoms with E-state index in [9.17, 15) is 4.79 Å². The standard InChI is InChI=1S/C24H25N3OS/c1-4-13-27(16-20-9-7-19(15-25)8-10-20)23(28)14-22-24(26-18(3)29-22)21-11-5-17(2)6-12-21/h5-12H,4,13-14,16H2,1-3H3. The van der Waals surface area contributed by atoms with E-state index in [-0.39, 0.29) is 5.91 Å². The predicted molar refractivity (Wildman–Crippen MR) is 118 cm³/mol. The first-order valence-corrected chi connectivity index (χ1v) is 10.6. The smallest absolute Gasteiger partial charge is 0.228 e. The molecule has 3 rings (SSSR count). The van der Waals surface area contributed by atoms with Crippen molar-refractivity contribution >= 4 is 17.2 Å². The van der Waals surface area contributed by atoms with Gasteiger partial charge in [-0.1, -0.05) is 48.9 Å². The minimum Gasteiger partial charge on any atom is -0.338 e. The lowest BCUT2D eigenvalue weighted by Gasteiger charge is -2.22. The largest absolute Gasteiger partial charge is 0.338 e. The van der Waals surface area contributed by atoms with Crippen LogP contribution in [0.3, 0.4) is 0 Å². The van der Waals surface area contributed by atoms with Gasteiger partial charge in [-0.2, -0.15) is 5.26 Å². The molecule has 4 nitrogen and oxygen atoms in total. The third-order valence-corrected chi connectivity index (χ3v) is 5.71.